The van der Waals surface area contributed by atoms with E-state index in [9.17, 15) is 14.3 Å². The molecule has 1 amide bonds. The van der Waals surface area contributed by atoms with E-state index in [4.69, 9.17) is 11.6 Å². The molecule has 1 saturated heterocycles. The van der Waals surface area contributed by atoms with Gasteiger partial charge in [0.1, 0.15) is 5.82 Å². The summed E-state index contributed by atoms with van der Waals surface area (Å²) in [5.74, 6) is -0.402. The van der Waals surface area contributed by atoms with Crippen LogP contribution < -0.4 is 0 Å². The fraction of sp³-hybridized carbons (Fsp3) is 0.381. The maximum atomic E-state index is 13.9. The van der Waals surface area contributed by atoms with Crippen molar-refractivity contribution in [2.45, 2.75) is 38.7 Å². The Balaban J connectivity index is 1.82. The molecule has 1 aliphatic rings. The highest BCUT2D eigenvalue weighted by Crippen LogP contribution is 2.31. The molecule has 1 atom stereocenters. The average Bonchev–Trinajstić information content (AvgIpc) is 2.64. The number of benzene rings is 2. The predicted octanol–water partition coefficient (Wildman–Crippen LogP) is 4.83. The van der Waals surface area contributed by atoms with E-state index in [1.165, 1.54) is 6.07 Å². The van der Waals surface area contributed by atoms with Gasteiger partial charge in [-0.2, -0.15) is 0 Å². The first-order valence-electron chi connectivity index (χ1n) is 8.91. The first kappa shape index (κ1) is 18.9. The monoisotopic (exact) mass is 375 g/mol. The van der Waals surface area contributed by atoms with Crippen molar-refractivity contribution in [1.82, 2.24) is 4.90 Å². The van der Waals surface area contributed by atoms with Gasteiger partial charge in [-0.05, 0) is 61.6 Å². The first-order chi connectivity index (χ1) is 12.3. The lowest BCUT2D eigenvalue weighted by Crippen LogP contribution is -2.49. The number of hydrogen-bond donors (Lipinski definition) is 1. The van der Waals surface area contributed by atoms with Gasteiger partial charge in [0.2, 0.25) is 0 Å². The third-order valence-electron chi connectivity index (χ3n) is 5.19. The number of β-amino-alcohol motifs (C(OH)–C–C–N with tert-alkyl or cyclic N) is 1. The molecule has 5 heteroatoms. The number of likely N-dealkylation sites (tertiary alicyclic amines) is 1. The van der Waals surface area contributed by atoms with Crippen molar-refractivity contribution < 1.29 is 14.3 Å². The molecule has 0 bridgehead atoms. The van der Waals surface area contributed by atoms with Crippen LogP contribution in [0.15, 0.2) is 36.4 Å². The minimum Gasteiger partial charge on any atom is -0.388 e. The molecule has 0 saturated carbocycles. The van der Waals surface area contributed by atoms with Crippen LogP contribution in [0.25, 0.3) is 11.1 Å². The first-order valence-corrected chi connectivity index (χ1v) is 9.28. The lowest BCUT2D eigenvalue weighted by atomic mass is 9.90. The topological polar surface area (TPSA) is 40.5 Å². The summed E-state index contributed by atoms with van der Waals surface area (Å²) >= 11 is 6.24. The molecule has 3 rings (SSSR count). The Morgan fingerprint density at radius 1 is 1.31 bits per heavy atom. The van der Waals surface area contributed by atoms with Crippen LogP contribution in [0.5, 0.6) is 0 Å². The molecule has 0 aliphatic carbocycles. The minimum atomic E-state index is -0.791. The molecule has 0 spiro atoms. The lowest BCUT2D eigenvalue weighted by Gasteiger charge is -2.38. The van der Waals surface area contributed by atoms with Gasteiger partial charge < -0.3 is 10.0 Å². The molecule has 0 radical (unpaired) electrons. The Labute approximate surface area is 158 Å². The summed E-state index contributed by atoms with van der Waals surface area (Å²) in [6.07, 6.45) is 2.16. The fourth-order valence-electron chi connectivity index (χ4n) is 3.42. The van der Waals surface area contributed by atoms with E-state index in [2.05, 4.69) is 0 Å². The number of halogens is 2. The van der Waals surface area contributed by atoms with E-state index < -0.39 is 5.60 Å². The molecule has 26 heavy (non-hydrogen) atoms. The number of amides is 1. The van der Waals surface area contributed by atoms with Gasteiger partial charge in [-0.3, -0.25) is 4.79 Å². The van der Waals surface area contributed by atoms with Gasteiger partial charge in [0.05, 0.1) is 5.60 Å². The Hall–Kier alpha value is -1.91. The highest BCUT2D eigenvalue weighted by molar-refractivity contribution is 6.33. The standard InChI is InChI=1S/C21H23ClFNO2/c1-3-21(26)9-4-10-24(13-21)20(25)16-7-5-15(6-8-16)17-12-19(23)14(2)11-18(17)22/h5-8,11-12,26H,3-4,9-10,13H2,1-2H3/t21-/m0/s1. The Kier molecular flexibility index (Phi) is 5.35. The molecule has 0 unspecified atom stereocenters. The highest BCUT2D eigenvalue weighted by Gasteiger charge is 2.33. The maximum absolute atomic E-state index is 13.9. The van der Waals surface area contributed by atoms with Crippen molar-refractivity contribution in [2.75, 3.05) is 13.1 Å². The van der Waals surface area contributed by atoms with E-state index in [1.807, 2.05) is 6.92 Å². The van der Waals surface area contributed by atoms with E-state index in [1.54, 1.807) is 42.2 Å². The van der Waals surface area contributed by atoms with Crippen LogP contribution in [0.4, 0.5) is 4.39 Å². The van der Waals surface area contributed by atoms with Gasteiger partial charge in [0.15, 0.2) is 0 Å². The summed E-state index contributed by atoms with van der Waals surface area (Å²) in [5, 5.41) is 11.0. The smallest absolute Gasteiger partial charge is 0.253 e. The number of nitrogens with zero attached hydrogens (tertiary/aromatic N) is 1. The second kappa shape index (κ2) is 7.37. The van der Waals surface area contributed by atoms with Crippen LogP contribution in [0.2, 0.25) is 5.02 Å². The molecule has 0 aromatic heterocycles. The summed E-state index contributed by atoms with van der Waals surface area (Å²) in [7, 11) is 0. The SMILES string of the molecule is CC[C@]1(O)CCCN(C(=O)c2ccc(-c3cc(F)c(C)cc3Cl)cc2)C1. The minimum absolute atomic E-state index is 0.0932. The summed E-state index contributed by atoms with van der Waals surface area (Å²) in [5.41, 5.74) is 1.62. The second-order valence-corrected chi connectivity index (χ2v) is 7.47. The number of aryl methyl sites for hydroxylation is 1. The van der Waals surface area contributed by atoms with Crippen molar-refractivity contribution in [2.24, 2.45) is 0 Å². The predicted molar refractivity (Wildman–Crippen MR) is 102 cm³/mol. The number of carbonyl (C=O) groups excluding carboxylic acids is 1. The number of hydrogen-bond acceptors (Lipinski definition) is 2. The zero-order valence-electron chi connectivity index (χ0n) is 15.1. The van der Waals surface area contributed by atoms with Crippen molar-refractivity contribution in [3.05, 3.63) is 58.4 Å². The summed E-state index contributed by atoms with van der Waals surface area (Å²) in [6.45, 7) is 4.62. The summed E-state index contributed by atoms with van der Waals surface area (Å²) in [4.78, 5) is 14.5. The van der Waals surface area contributed by atoms with Crippen molar-refractivity contribution in [3.63, 3.8) is 0 Å². The molecule has 1 aliphatic heterocycles. The molecular formula is C21H23ClFNO2. The Morgan fingerprint density at radius 3 is 2.65 bits per heavy atom. The normalized spacial score (nSPS) is 20.3. The van der Waals surface area contributed by atoms with E-state index >= 15 is 0 Å². The molecule has 2 aromatic carbocycles. The van der Waals surface area contributed by atoms with Crippen LogP contribution in [0.1, 0.15) is 42.1 Å². The zero-order valence-corrected chi connectivity index (χ0v) is 15.8. The van der Waals surface area contributed by atoms with Gasteiger partial charge in [0.25, 0.3) is 5.91 Å². The van der Waals surface area contributed by atoms with Crippen LogP contribution in [0, 0.1) is 12.7 Å². The molecule has 1 heterocycles. The largest absolute Gasteiger partial charge is 0.388 e. The van der Waals surface area contributed by atoms with E-state index in [0.29, 0.717) is 41.2 Å². The molecule has 1 fully saturated rings. The van der Waals surface area contributed by atoms with Crippen LogP contribution in [0.3, 0.4) is 0 Å². The summed E-state index contributed by atoms with van der Waals surface area (Å²) in [6, 6.07) is 10.0. The Bertz CT molecular complexity index is 822. The van der Waals surface area contributed by atoms with E-state index in [0.717, 1.165) is 18.4 Å². The molecule has 2 aromatic rings. The van der Waals surface area contributed by atoms with Crippen molar-refractivity contribution in [1.29, 1.82) is 0 Å². The molecule has 3 nitrogen and oxygen atoms in total. The van der Waals surface area contributed by atoms with Gasteiger partial charge in [0, 0.05) is 29.2 Å². The third kappa shape index (κ3) is 3.76. The zero-order chi connectivity index (χ0) is 18.9. The third-order valence-corrected chi connectivity index (χ3v) is 5.50. The second-order valence-electron chi connectivity index (χ2n) is 7.07. The molecule has 138 valence electrons. The number of aliphatic hydroxyl groups is 1. The number of carbonyl (C=O) groups is 1. The van der Waals surface area contributed by atoms with Gasteiger partial charge in [-0.15, -0.1) is 0 Å². The maximum Gasteiger partial charge on any atom is 0.253 e. The quantitative estimate of drug-likeness (QED) is 0.834. The molecular weight excluding hydrogens is 353 g/mol. The van der Waals surface area contributed by atoms with Crippen molar-refractivity contribution >= 4 is 17.5 Å². The lowest BCUT2D eigenvalue weighted by molar-refractivity contribution is -0.0270. The molecule has 1 N–H and O–H groups in total. The average molecular weight is 376 g/mol. The van der Waals surface area contributed by atoms with E-state index in [-0.39, 0.29) is 11.7 Å². The number of rotatable bonds is 3. The van der Waals surface area contributed by atoms with Crippen LogP contribution in [-0.2, 0) is 0 Å². The van der Waals surface area contributed by atoms with Crippen molar-refractivity contribution in [3.8, 4) is 11.1 Å². The fourth-order valence-corrected chi connectivity index (χ4v) is 3.74. The van der Waals surface area contributed by atoms with Crippen LogP contribution >= 0.6 is 11.6 Å². The number of piperidine rings is 1. The highest BCUT2D eigenvalue weighted by atomic mass is 35.5. The Morgan fingerprint density at radius 2 is 2.00 bits per heavy atom. The van der Waals surface area contributed by atoms with Gasteiger partial charge in [-0.1, -0.05) is 30.7 Å². The van der Waals surface area contributed by atoms with Gasteiger partial charge >= 0.3 is 0 Å². The van der Waals surface area contributed by atoms with Crippen LogP contribution in [-0.4, -0.2) is 34.6 Å². The van der Waals surface area contributed by atoms with Gasteiger partial charge in [-0.25, -0.2) is 4.39 Å². The summed E-state index contributed by atoms with van der Waals surface area (Å²) < 4.78 is 13.9.